The first-order valence-corrected chi connectivity index (χ1v) is 16.5. The Kier molecular flexibility index (Phi) is 11.7. The normalized spacial score (nSPS) is 20.0. The van der Waals surface area contributed by atoms with Crippen LogP contribution in [0.15, 0.2) is 35.5 Å². The van der Waals surface area contributed by atoms with Crippen LogP contribution in [0.1, 0.15) is 77.8 Å². The number of carbonyl (C=O) groups is 2. The van der Waals surface area contributed by atoms with E-state index in [2.05, 4.69) is 22.2 Å². The van der Waals surface area contributed by atoms with E-state index < -0.39 is 35.3 Å². The fraction of sp³-hybridized carbons (Fsp3) is 0.600. The number of amides is 3. The van der Waals surface area contributed by atoms with Gasteiger partial charge in [0.1, 0.15) is 34.6 Å². The number of pyridine rings is 1. The number of anilines is 1. The summed E-state index contributed by atoms with van der Waals surface area (Å²) in [5, 5.41) is 2.87. The van der Waals surface area contributed by atoms with Crippen LogP contribution in [0.4, 0.5) is 24.2 Å². The molecule has 47 heavy (non-hydrogen) atoms. The molecule has 2 aliphatic heterocycles. The lowest BCUT2D eigenvalue weighted by Crippen LogP contribution is -2.43. The Labute approximate surface area is 277 Å². The monoisotopic (exact) mass is 656 g/mol. The summed E-state index contributed by atoms with van der Waals surface area (Å²) in [7, 11) is 0. The van der Waals surface area contributed by atoms with E-state index >= 15 is 0 Å². The molecule has 2 fully saturated rings. The Hall–Kier alpha value is -3.96. The molecule has 0 saturated carbocycles. The fourth-order valence-corrected chi connectivity index (χ4v) is 6.22. The minimum atomic E-state index is -0.705. The second-order valence-corrected chi connectivity index (χ2v) is 14.2. The molecule has 0 aliphatic carbocycles. The van der Waals surface area contributed by atoms with E-state index in [9.17, 15) is 18.4 Å². The summed E-state index contributed by atoms with van der Waals surface area (Å²) < 4.78 is 40.6. The predicted octanol–water partition coefficient (Wildman–Crippen LogP) is 6.42. The minimum Gasteiger partial charge on any atom is -0.492 e. The van der Waals surface area contributed by atoms with Crippen molar-refractivity contribution in [2.75, 3.05) is 37.7 Å². The van der Waals surface area contributed by atoms with Gasteiger partial charge in [0.15, 0.2) is 0 Å². The molecule has 3 heterocycles. The van der Waals surface area contributed by atoms with Crippen molar-refractivity contribution < 1.29 is 27.8 Å². The zero-order valence-corrected chi connectivity index (χ0v) is 28.7. The molecule has 4 rings (SSSR count). The first-order valence-electron chi connectivity index (χ1n) is 16.5. The summed E-state index contributed by atoms with van der Waals surface area (Å²) >= 11 is 0. The number of hydrogen-bond donors (Lipinski definition) is 2. The van der Waals surface area contributed by atoms with E-state index in [1.807, 2.05) is 31.7 Å². The molecule has 2 aromatic rings. The van der Waals surface area contributed by atoms with Crippen LogP contribution in [0.3, 0.4) is 0 Å². The number of piperidine rings is 1. The number of nitrogens with zero attached hydrogens (tertiary/aromatic N) is 4. The highest BCUT2D eigenvalue weighted by Crippen LogP contribution is 2.35. The molecule has 3 N–H and O–H groups in total. The second kappa shape index (κ2) is 15.3. The zero-order valence-electron chi connectivity index (χ0n) is 28.7. The molecule has 0 unspecified atom stereocenters. The summed E-state index contributed by atoms with van der Waals surface area (Å²) in [6.07, 6.45) is 3.75. The van der Waals surface area contributed by atoms with Crippen LogP contribution < -0.4 is 20.7 Å². The molecule has 0 bridgehead atoms. The van der Waals surface area contributed by atoms with Gasteiger partial charge in [-0.3, -0.25) is 0 Å². The largest absolute Gasteiger partial charge is 0.492 e. The maximum Gasteiger partial charge on any atom is 0.407 e. The summed E-state index contributed by atoms with van der Waals surface area (Å²) in [4.78, 5) is 37.6. The summed E-state index contributed by atoms with van der Waals surface area (Å²) in [5.74, 6) is 1.05. The number of halogens is 2. The maximum atomic E-state index is 14.9. The number of likely N-dealkylation sites (tertiary alicyclic amines) is 1. The lowest BCUT2D eigenvalue weighted by molar-refractivity contribution is 0.0504. The number of alkyl carbamates (subject to hydrolysis) is 1. The molecule has 3 atom stereocenters. The molecule has 0 radical (unpaired) electrons. The topological polar surface area (TPSA) is 122 Å². The van der Waals surface area contributed by atoms with Crippen molar-refractivity contribution in [3.05, 3.63) is 53.2 Å². The molecule has 0 spiro atoms. The lowest BCUT2D eigenvalue weighted by Gasteiger charge is -2.34. The van der Waals surface area contributed by atoms with E-state index in [4.69, 9.17) is 15.2 Å². The predicted molar refractivity (Wildman–Crippen MR) is 179 cm³/mol. The number of carbonyl (C=O) groups excluding carboxylic acids is 2. The first-order chi connectivity index (χ1) is 22.1. The van der Waals surface area contributed by atoms with E-state index in [-0.39, 0.29) is 17.5 Å². The molecule has 12 heteroatoms. The number of aromatic nitrogens is 1. The number of rotatable bonds is 9. The van der Waals surface area contributed by atoms with Crippen LogP contribution in [0.2, 0.25) is 0 Å². The van der Waals surface area contributed by atoms with E-state index in [0.29, 0.717) is 62.0 Å². The molecule has 2 aliphatic rings. The quantitative estimate of drug-likeness (QED) is 0.236. The third-order valence-electron chi connectivity index (χ3n) is 8.98. The van der Waals surface area contributed by atoms with Crippen molar-refractivity contribution in [1.29, 1.82) is 0 Å². The second-order valence-electron chi connectivity index (χ2n) is 14.2. The molecule has 258 valence electrons. The number of aryl methyl sites for hydroxylation is 1. The standard InChI is InChI=1S/C35H50F2N6O4/c1-21(2)31(38)41-33(44)42-13-10-24(11-14-42)22(3)12-15-46-26-16-23(4)32(39-18-26)43-19-28(27-17-25(36)8-9-29(27)37)30(20-43)40-34(45)47-35(5,6)7/h8-9,16-18,21-22,24,28,30H,10-15,19-20H2,1-7H3,(H,40,45)(H2,38,41,44)/t22-,28-,30+/m1/s1. The Morgan fingerprint density at radius 3 is 2.47 bits per heavy atom. The fourth-order valence-electron chi connectivity index (χ4n) is 6.22. The Morgan fingerprint density at radius 1 is 1.13 bits per heavy atom. The van der Waals surface area contributed by atoms with Crippen LogP contribution >= 0.6 is 0 Å². The highest BCUT2D eigenvalue weighted by molar-refractivity contribution is 5.93. The minimum absolute atomic E-state index is 0.0393. The number of urea groups is 1. The van der Waals surface area contributed by atoms with Crippen LogP contribution in [-0.4, -0.2) is 72.3 Å². The Bertz CT molecular complexity index is 1440. The number of hydrogen-bond acceptors (Lipinski definition) is 6. The molecule has 1 aromatic heterocycles. The van der Waals surface area contributed by atoms with E-state index in [1.54, 1.807) is 31.9 Å². The molecule has 10 nitrogen and oxygen atoms in total. The van der Waals surface area contributed by atoms with Crippen LogP contribution in [-0.2, 0) is 4.74 Å². The number of aliphatic imine (C=N–C) groups is 1. The number of amidine groups is 1. The molecular formula is C35H50F2N6O4. The zero-order chi connectivity index (χ0) is 34.5. The highest BCUT2D eigenvalue weighted by Gasteiger charge is 2.38. The van der Waals surface area contributed by atoms with E-state index in [0.717, 1.165) is 37.0 Å². The molecule has 1 aromatic carbocycles. The van der Waals surface area contributed by atoms with Crippen molar-refractivity contribution in [2.24, 2.45) is 28.5 Å². The number of nitrogens with two attached hydrogens (primary N) is 1. The molecular weight excluding hydrogens is 606 g/mol. The van der Waals surface area contributed by atoms with Gasteiger partial charge in [-0.25, -0.2) is 23.4 Å². The van der Waals surface area contributed by atoms with Gasteiger partial charge in [-0.2, -0.15) is 4.99 Å². The van der Waals surface area contributed by atoms with Gasteiger partial charge in [0.05, 0.1) is 18.8 Å². The van der Waals surface area contributed by atoms with Crippen molar-refractivity contribution in [1.82, 2.24) is 15.2 Å². The smallest absolute Gasteiger partial charge is 0.407 e. The Balaban J connectivity index is 1.34. The SMILES string of the molecule is Cc1cc(OCC[C@@H](C)C2CCN(C(=O)/N=C(\N)C(C)C)CC2)cnc1N1C[C@H](NC(=O)OC(C)(C)C)[C@@H](c2cc(F)ccc2F)C1. The van der Waals surface area contributed by atoms with Gasteiger partial charge in [0.2, 0.25) is 0 Å². The highest BCUT2D eigenvalue weighted by atomic mass is 19.1. The molecule has 2 saturated heterocycles. The van der Waals surface area contributed by atoms with Crippen LogP contribution in [0.5, 0.6) is 5.75 Å². The summed E-state index contributed by atoms with van der Waals surface area (Å²) in [6, 6.07) is 4.52. The summed E-state index contributed by atoms with van der Waals surface area (Å²) in [6.45, 7) is 15.8. The van der Waals surface area contributed by atoms with Gasteiger partial charge >= 0.3 is 12.1 Å². The van der Waals surface area contributed by atoms with Gasteiger partial charge in [-0.15, -0.1) is 0 Å². The van der Waals surface area contributed by atoms with Crippen molar-refractivity contribution in [2.45, 2.75) is 85.3 Å². The molecule has 3 amide bonds. The first kappa shape index (κ1) is 35.9. The average Bonchev–Trinajstić information content (AvgIpc) is 3.40. The number of nitrogens with one attached hydrogen (secondary N) is 1. The van der Waals surface area contributed by atoms with Crippen molar-refractivity contribution in [3.63, 3.8) is 0 Å². The van der Waals surface area contributed by atoms with Crippen molar-refractivity contribution in [3.8, 4) is 5.75 Å². The summed E-state index contributed by atoms with van der Waals surface area (Å²) in [5.41, 5.74) is 6.22. The van der Waals surface area contributed by atoms with Crippen LogP contribution in [0.25, 0.3) is 0 Å². The average molecular weight is 657 g/mol. The third kappa shape index (κ3) is 9.77. The number of benzene rings is 1. The van der Waals surface area contributed by atoms with Crippen molar-refractivity contribution >= 4 is 23.8 Å². The van der Waals surface area contributed by atoms with Gasteiger partial charge in [-0.1, -0.05) is 20.8 Å². The number of ether oxygens (including phenoxy) is 2. The lowest BCUT2D eigenvalue weighted by atomic mass is 9.84. The van der Waals surface area contributed by atoms with Gasteiger partial charge in [-0.05, 0) is 94.2 Å². The van der Waals surface area contributed by atoms with Gasteiger partial charge < -0.3 is 30.3 Å². The maximum absolute atomic E-state index is 14.9. The van der Waals surface area contributed by atoms with Gasteiger partial charge in [0.25, 0.3) is 0 Å². The van der Waals surface area contributed by atoms with E-state index in [1.165, 1.54) is 6.07 Å². The third-order valence-corrected chi connectivity index (χ3v) is 8.98. The van der Waals surface area contributed by atoms with Crippen LogP contribution in [0, 0.1) is 36.3 Å². The Morgan fingerprint density at radius 2 is 1.83 bits per heavy atom. The van der Waals surface area contributed by atoms with Gasteiger partial charge in [0, 0.05) is 38.0 Å².